The summed E-state index contributed by atoms with van der Waals surface area (Å²) in [6.07, 6.45) is 3.16. The molecule has 140 valence electrons. The van der Waals surface area contributed by atoms with E-state index in [2.05, 4.69) is 22.2 Å². The molecule has 6 nitrogen and oxygen atoms in total. The van der Waals surface area contributed by atoms with Crippen molar-refractivity contribution in [3.8, 4) is 0 Å². The predicted molar refractivity (Wildman–Crippen MR) is 92.3 cm³/mol. The van der Waals surface area contributed by atoms with Crippen LogP contribution in [0.1, 0.15) is 39.9 Å². The van der Waals surface area contributed by atoms with Crippen LogP contribution in [0.5, 0.6) is 0 Å². The Bertz CT molecular complexity index is 936. The molecule has 0 radical (unpaired) electrons. The molecule has 1 aromatic carbocycles. The number of carbonyl (C=O) groups excluding carboxylic acids is 1. The lowest BCUT2D eigenvalue weighted by Gasteiger charge is -2.24. The van der Waals surface area contributed by atoms with Gasteiger partial charge in [0.05, 0.1) is 6.54 Å². The summed E-state index contributed by atoms with van der Waals surface area (Å²) in [6, 6.07) is 11.4. The van der Waals surface area contributed by atoms with E-state index in [-0.39, 0.29) is 11.6 Å². The molecule has 3 aromatic rings. The molecule has 8 heteroatoms. The van der Waals surface area contributed by atoms with Crippen LogP contribution < -0.4 is 0 Å². The number of aryl methyl sites for hydroxylation is 2. The number of oxazole rings is 1. The highest BCUT2D eigenvalue weighted by Gasteiger charge is 2.27. The molecule has 3 heterocycles. The van der Waals surface area contributed by atoms with Crippen LogP contribution in [0.2, 0.25) is 0 Å². The SMILES string of the molecule is O=C(c1ccn(C(F)F)n1)N1CCc2oc(CCc3ccccc3)nc2C1. The minimum atomic E-state index is -2.76. The maximum Gasteiger partial charge on any atom is 0.333 e. The van der Waals surface area contributed by atoms with Crippen molar-refractivity contribution in [1.82, 2.24) is 19.7 Å². The summed E-state index contributed by atoms with van der Waals surface area (Å²) in [4.78, 5) is 18.6. The molecule has 0 unspecified atom stereocenters. The van der Waals surface area contributed by atoms with Crippen LogP contribution >= 0.6 is 0 Å². The number of benzene rings is 1. The monoisotopic (exact) mass is 372 g/mol. The Balaban J connectivity index is 1.42. The summed E-state index contributed by atoms with van der Waals surface area (Å²) >= 11 is 0. The smallest absolute Gasteiger partial charge is 0.333 e. The van der Waals surface area contributed by atoms with Crippen molar-refractivity contribution >= 4 is 5.91 Å². The molecule has 27 heavy (non-hydrogen) atoms. The molecule has 0 bridgehead atoms. The average Bonchev–Trinajstić information content (AvgIpc) is 3.33. The first-order valence-electron chi connectivity index (χ1n) is 8.74. The normalized spacial score (nSPS) is 13.8. The topological polar surface area (TPSA) is 64.2 Å². The molecule has 2 aromatic heterocycles. The van der Waals surface area contributed by atoms with Crippen LogP contribution in [0.25, 0.3) is 0 Å². The van der Waals surface area contributed by atoms with E-state index in [1.54, 1.807) is 4.90 Å². The van der Waals surface area contributed by atoms with Gasteiger partial charge in [-0.15, -0.1) is 0 Å². The highest BCUT2D eigenvalue weighted by molar-refractivity contribution is 5.92. The van der Waals surface area contributed by atoms with E-state index >= 15 is 0 Å². The number of nitrogens with zero attached hydrogens (tertiary/aromatic N) is 4. The van der Waals surface area contributed by atoms with Gasteiger partial charge in [0.2, 0.25) is 0 Å². The molecule has 0 saturated carbocycles. The summed E-state index contributed by atoms with van der Waals surface area (Å²) in [5, 5.41) is 3.64. The van der Waals surface area contributed by atoms with Gasteiger partial charge in [-0.3, -0.25) is 4.79 Å². The molecule has 0 saturated heterocycles. The molecule has 1 aliphatic heterocycles. The number of rotatable bonds is 5. The van der Waals surface area contributed by atoms with E-state index in [1.807, 2.05) is 18.2 Å². The fourth-order valence-electron chi connectivity index (χ4n) is 3.15. The Labute approximate surface area is 154 Å². The standard InChI is InChI=1S/C19H18F2N4O2/c20-19(21)25-11-8-14(23-25)18(26)24-10-9-16-15(12-24)22-17(27-16)7-6-13-4-2-1-3-5-13/h1-5,8,11,19H,6-7,9-10,12H2. The zero-order valence-corrected chi connectivity index (χ0v) is 14.5. The molecule has 1 aliphatic rings. The fourth-order valence-corrected chi connectivity index (χ4v) is 3.15. The molecule has 0 fully saturated rings. The fraction of sp³-hybridized carbons (Fsp3) is 0.316. The maximum atomic E-state index is 12.6. The van der Waals surface area contributed by atoms with Crippen LogP contribution in [0.15, 0.2) is 47.0 Å². The summed E-state index contributed by atoms with van der Waals surface area (Å²) in [7, 11) is 0. The van der Waals surface area contributed by atoms with E-state index in [9.17, 15) is 13.6 Å². The summed E-state index contributed by atoms with van der Waals surface area (Å²) < 4.78 is 31.6. The molecule has 1 amide bonds. The van der Waals surface area contributed by atoms with Crippen LogP contribution in [0.3, 0.4) is 0 Å². The van der Waals surface area contributed by atoms with Gasteiger partial charge in [0.25, 0.3) is 5.91 Å². The second-order valence-electron chi connectivity index (χ2n) is 6.40. The van der Waals surface area contributed by atoms with Crippen molar-refractivity contribution in [3.05, 3.63) is 71.2 Å². The Morgan fingerprint density at radius 2 is 2.00 bits per heavy atom. The van der Waals surface area contributed by atoms with Crippen LogP contribution in [0.4, 0.5) is 8.78 Å². The second kappa shape index (κ2) is 7.30. The van der Waals surface area contributed by atoms with Gasteiger partial charge in [-0.25, -0.2) is 9.67 Å². The number of alkyl halides is 2. The van der Waals surface area contributed by atoms with Crippen molar-refractivity contribution in [2.24, 2.45) is 0 Å². The van der Waals surface area contributed by atoms with Gasteiger partial charge in [0.15, 0.2) is 11.6 Å². The van der Waals surface area contributed by atoms with Gasteiger partial charge < -0.3 is 9.32 Å². The Kier molecular flexibility index (Phi) is 4.70. The van der Waals surface area contributed by atoms with Crippen molar-refractivity contribution in [1.29, 1.82) is 0 Å². The minimum Gasteiger partial charge on any atom is -0.445 e. The van der Waals surface area contributed by atoms with Crippen LogP contribution in [0, 0.1) is 0 Å². The number of hydrogen-bond acceptors (Lipinski definition) is 4. The van der Waals surface area contributed by atoms with E-state index in [0.717, 1.165) is 24.1 Å². The van der Waals surface area contributed by atoms with E-state index < -0.39 is 6.55 Å². The van der Waals surface area contributed by atoms with Crippen molar-refractivity contribution in [3.63, 3.8) is 0 Å². The minimum absolute atomic E-state index is 0.00606. The van der Waals surface area contributed by atoms with Crippen molar-refractivity contribution < 1.29 is 18.0 Å². The summed E-state index contributed by atoms with van der Waals surface area (Å²) in [5.41, 5.74) is 1.94. The number of carbonyl (C=O) groups is 1. The third-order valence-corrected chi connectivity index (χ3v) is 4.56. The first-order chi connectivity index (χ1) is 13.1. The first-order valence-corrected chi connectivity index (χ1v) is 8.74. The molecule has 0 atom stereocenters. The maximum absolute atomic E-state index is 12.6. The third kappa shape index (κ3) is 3.74. The highest BCUT2D eigenvalue weighted by atomic mass is 19.3. The van der Waals surface area contributed by atoms with Crippen LogP contribution in [-0.4, -0.2) is 32.1 Å². The highest BCUT2D eigenvalue weighted by Crippen LogP contribution is 2.22. The lowest BCUT2D eigenvalue weighted by atomic mass is 10.1. The van der Waals surface area contributed by atoms with Gasteiger partial charge in [0.1, 0.15) is 11.5 Å². The molecule has 0 aliphatic carbocycles. The predicted octanol–water partition coefficient (Wildman–Crippen LogP) is 3.25. The van der Waals surface area contributed by atoms with Gasteiger partial charge in [0, 0.05) is 25.6 Å². The number of amides is 1. The first kappa shape index (κ1) is 17.4. The number of halogens is 2. The largest absolute Gasteiger partial charge is 0.445 e. The van der Waals surface area contributed by atoms with Gasteiger partial charge >= 0.3 is 6.55 Å². The van der Waals surface area contributed by atoms with E-state index in [0.29, 0.717) is 36.5 Å². The van der Waals surface area contributed by atoms with Crippen LogP contribution in [-0.2, 0) is 25.8 Å². The number of hydrogen-bond donors (Lipinski definition) is 0. The zero-order chi connectivity index (χ0) is 18.8. The molecule has 0 N–H and O–H groups in total. The molecule has 4 rings (SSSR count). The second-order valence-corrected chi connectivity index (χ2v) is 6.40. The lowest BCUT2D eigenvalue weighted by Crippen LogP contribution is -2.36. The molecular formula is C19H18F2N4O2. The Hall–Kier alpha value is -3.03. The summed E-state index contributed by atoms with van der Waals surface area (Å²) in [5.74, 6) is 1.06. The van der Waals surface area contributed by atoms with Crippen molar-refractivity contribution in [2.75, 3.05) is 6.54 Å². The van der Waals surface area contributed by atoms with Crippen molar-refractivity contribution in [2.45, 2.75) is 32.4 Å². The third-order valence-electron chi connectivity index (χ3n) is 4.56. The number of fused-ring (bicyclic) bond motifs is 1. The van der Waals surface area contributed by atoms with E-state index in [1.165, 1.54) is 11.6 Å². The van der Waals surface area contributed by atoms with E-state index in [4.69, 9.17) is 4.42 Å². The Morgan fingerprint density at radius 3 is 2.74 bits per heavy atom. The lowest BCUT2D eigenvalue weighted by molar-refractivity contribution is 0.0549. The quantitative estimate of drug-likeness (QED) is 0.690. The van der Waals surface area contributed by atoms with Gasteiger partial charge in [-0.05, 0) is 18.1 Å². The molecular weight excluding hydrogens is 354 g/mol. The van der Waals surface area contributed by atoms with Gasteiger partial charge in [-0.2, -0.15) is 13.9 Å². The van der Waals surface area contributed by atoms with Gasteiger partial charge in [-0.1, -0.05) is 30.3 Å². The molecule has 0 spiro atoms. The Morgan fingerprint density at radius 1 is 1.19 bits per heavy atom. The average molecular weight is 372 g/mol. The number of aromatic nitrogens is 3. The summed E-state index contributed by atoms with van der Waals surface area (Å²) in [6.45, 7) is -2.02. The zero-order valence-electron chi connectivity index (χ0n) is 14.5.